The molecule has 1 aliphatic rings. The van der Waals surface area contributed by atoms with Crippen molar-refractivity contribution in [2.75, 3.05) is 19.8 Å². The molecule has 0 saturated carbocycles. The number of alkyl halides is 2. The lowest BCUT2D eigenvalue weighted by Gasteiger charge is -2.06. The van der Waals surface area contributed by atoms with Gasteiger partial charge in [-0.2, -0.15) is 0 Å². The van der Waals surface area contributed by atoms with E-state index in [0.29, 0.717) is 19.1 Å². The molecule has 1 aromatic rings. The first-order valence-electron chi connectivity index (χ1n) is 6.26. The number of nitrogens with zero attached hydrogens (tertiary/aromatic N) is 1. The Bertz CT molecular complexity index is 354. The molecule has 1 N–H and O–H groups in total. The predicted molar refractivity (Wildman–Crippen MR) is 67.4 cm³/mol. The maximum Gasteiger partial charge on any atom is 0.261 e. The van der Waals surface area contributed by atoms with Crippen molar-refractivity contribution >= 4 is 11.3 Å². The van der Waals surface area contributed by atoms with Crippen LogP contribution in [0.5, 0.6) is 0 Å². The molecule has 1 aliphatic heterocycles. The summed E-state index contributed by atoms with van der Waals surface area (Å²) in [7, 11) is 0. The van der Waals surface area contributed by atoms with Crippen LogP contribution in [0.4, 0.5) is 8.78 Å². The third kappa shape index (κ3) is 4.59. The lowest BCUT2D eigenvalue weighted by atomic mass is 10.1. The van der Waals surface area contributed by atoms with E-state index < -0.39 is 13.0 Å². The third-order valence-electron chi connectivity index (χ3n) is 2.92. The Labute approximate surface area is 110 Å². The average Bonchev–Trinajstić information content (AvgIpc) is 2.97. The topological polar surface area (TPSA) is 34.1 Å². The molecule has 0 spiro atoms. The van der Waals surface area contributed by atoms with Crippen molar-refractivity contribution in [3.63, 3.8) is 0 Å². The van der Waals surface area contributed by atoms with Gasteiger partial charge in [-0.3, -0.25) is 0 Å². The van der Waals surface area contributed by atoms with Gasteiger partial charge in [0.15, 0.2) is 0 Å². The molecule has 0 bridgehead atoms. The van der Waals surface area contributed by atoms with Crippen molar-refractivity contribution in [2.24, 2.45) is 0 Å². The van der Waals surface area contributed by atoms with E-state index >= 15 is 0 Å². The normalized spacial score (nSPS) is 19.8. The predicted octanol–water partition coefficient (Wildman–Crippen LogP) is 2.26. The van der Waals surface area contributed by atoms with Gasteiger partial charge in [0.05, 0.1) is 17.3 Å². The van der Waals surface area contributed by atoms with Crippen molar-refractivity contribution in [1.82, 2.24) is 10.3 Å². The molecule has 1 atom stereocenters. The highest BCUT2D eigenvalue weighted by Gasteiger charge is 2.15. The zero-order valence-corrected chi connectivity index (χ0v) is 11.0. The summed E-state index contributed by atoms with van der Waals surface area (Å²) >= 11 is 1.59. The standard InChI is InChI=1S/C12H18F2N2OS/c13-11(14)7-17-5-3-12-16-10(8-18-12)6-9-2-1-4-15-9/h8-9,11,15H,1-7H2. The van der Waals surface area contributed by atoms with Gasteiger partial charge in [0.2, 0.25) is 0 Å². The molecule has 6 heteroatoms. The first kappa shape index (κ1) is 13.8. The van der Waals surface area contributed by atoms with Gasteiger partial charge in [-0.05, 0) is 19.4 Å². The second-order valence-electron chi connectivity index (χ2n) is 4.45. The highest BCUT2D eigenvalue weighted by atomic mass is 32.1. The second kappa shape index (κ2) is 7.11. The number of halogens is 2. The first-order valence-corrected chi connectivity index (χ1v) is 7.14. The molecule has 1 fully saturated rings. The lowest BCUT2D eigenvalue weighted by Crippen LogP contribution is -2.23. The molecule has 2 heterocycles. The van der Waals surface area contributed by atoms with Crippen LogP contribution in [-0.4, -0.2) is 37.2 Å². The number of hydrogen-bond acceptors (Lipinski definition) is 4. The summed E-state index contributed by atoms with van der Waals surface area (Å²) in [5.41, 5.74) is 1.10. The smallest absolute Gasteiger partial charge is 0.261 e. The quantitative estimate of drug-likeness (QED) is 0.776. The Morgan fingerprint density at radius 2 is 2.44 bits per heavy atom. The summed E-state index contributed by atoms with van der Waals surface area (Å²) in [6.45, 7) is 0.937. The van der Waals surface area contributed by atoms with Crippen molar-refractivity contribution in [3.05, 3.63) is 16.1 Å². The van der Waals surface area contributed by atoms with Crippen LogP contribution in [0.25, 0.3) is 0 Å². The highest BCUT2D eigenvalue weighted by Crippen LogP contribution is 2.15. The van der Waals surface area contributed by atoms with Gasteiger partial charge in [-0.25, -0.2) is 13.8 Å². The Hall–Kier alpha value is -0.590. The molecule has 0 radical (unpaired) electrons. The van der Waals surface area contributed by atoms with Crippen molar-refractivity contribution < 1.29 is 13.5 Å². The van der Waals surface area contributed by atoms with Gasteiger partial charge in [-0.15, -0.1) is 11.3 Å². The van der Waals surface area contributed by atoms with Gasteiger partial charge in [0.25, 0.3) is 6.43 Å². The zero-order valence-electron chi connectivity index (χ0n) is 10.2. The summed E-state index contributed by atoms with van der Waals surface area (Å²) in [5.74, 6) is 0. The maximum absolute atomic E-state index is 11.8. The zero-order chi connectivity index (χ0) is 12.8. The first-order chi connectivity index (χ1) is 8.74. The minimum Gasteiger partial charge on any atom is -0.375 e. The number of hydrogen-bond donors (Lipinski definition) is 1. The number of nitrogens with one attached hydrogen (secondary N) is 1. The van der Waals surface area contributed by atoms with Crippen LogP contribution in [0, 0.1) is 0 Å². The molecule has 0 aromatic carbocycles. The van der Waals surface area contributed by atoms with Gasteiger partial charge in [0, 0.05) is 24.3 Å². The Morgan fingerprint density at radius 1 is 1.56 bits per heavy atom. The van der Waals surface area contributed by atoms with Gasteiger partial charge in [0.1, 0.15) is 6.61 Å². The van der Waals surface area contributed by atoms with Gasteiger partial charge >= 0.3 is 0 Å². The highest BCUT2D eigenvalue weighted by molar-refractivity contribution is 7.09. The van der Waals surface area contributed by atoms with Crippen LogP contribution in [0.15, 0.2) is 5.38 Å². The molecular formula is C12H18F2N2OS. The van der Waals surface area contributed by atoms with E-state index in [2.05, 4.69) is 15.7 Å². The van der Waals surface area contributed by atoms with Crippen molar-refractivity contribution in [3.8, 4) is 0 Å². The molecular weight excluding hydrogens is 258 g/mol. The van der Waals surface area contributed by atoms with E-state index in [9.17, 15) is 8.78 Å². The summed E-state index contributed by atoms with van der Waals surface area (Å²) < 4.78 is 28.5. The lowest BCUT2D eigenvalue weighted by molar-refractivity contribution is 0.0187. The van der Waals surface area contributed by atoms with Crippen molar-refractivity contribution in [1.29, 1.82) is 0 Å². The van der Waals surface area contributed by atoms with E-state index in [-0.39, 0.29) is 0 Å². The molecule has 102 valence electrons. The second-order valence-corrected chi connectivity index (χ2v) is 5.39. The fraction of sp³-hybridized carbons (Fsp3) is 0.750. The monoisotopic (exact) mass is 276 g/mol. The molecule has 3 nitrogen and oxygen atoms in total. The molecule has 2 rings (SSSR count). The summed E-state index contributed by atoms with van der Waals surface area (Å²) in [4.78, 5) is 4.50. The maximum atomic E-state index is 11.8. The third-order valence-corrected chi connectivity index (χ3v) is 3.88. The fourth-order valence-corrected chi connectivity index (χ4v) is 2.86. The van der Waals surface area contributed by atoms with Crippen LogP contribution in [0.1, 0.15) is 23.5 Å². The van der Waals surface area contributed by atoms with E-state index in [1.165, 1.54) is 12.8 Å². The van der Waals surface area contributed by atoms with Gasteiger partial charge in [-0.1, -0.05) is 0 Å². The van der Waals surface area contributed by atoms with Crippen LogP contribution in [0.2, 0.25) is 0 Å². The Balaban J connectivity index is 1.68. The molecule has 1 saturated heterocycles. The summed E-state index contributed by atoms with van der Waals surface area (Å²) in [5, 5.41) is 6.46. The molecule has 0 amide bonds. The minimum absolute atomic E-state index is 0.318. The minimum atomic E-state index is -2.38. The van der Waals surface area contributed by atoms with Crippen molar-refractivity contribution in [2.45, 2.75) is 38.2 Å². The Morgan fingerprint density at radius 3 is 3.17 bits per heavy atom. The van der Waals surface area contributed by atoms with E-state index in [1.54, 1.807) is 11.3 Å². The van der Waals surface area contributed by atoms with E-state index in [1.807, 2.05) is 0 Å². The van der Waals surface area contributed by atoms with Crippen LogP contribution >= 0.6 is 11.3 Å². The summed E-state index contributed by atoms with van der Waals surface area (Å²) in [6, 6.07) is 0.551. The number of ether oxygens (including phenoxy) is 1. The Kier molecular flexibility index (Phi) is 5.46. The van der Waals surface area contributed by atoms with E-state index in [4.69, 9.17) is 4.74 Å². The van der Waals surface area contributed by atoms with Crippen LogP contribution in [0.3, 0.4) is 0 Å². The average molecular weight is 276 g/mol. The van der Waals surface area contributed by atoms with Gasteiger partial charge < -0.3 is 10.1 Å². The van der Waals surface area contributed by atoms with Crippen LogP contribution < -0.4 is 5.32 Å². The SMILES string of the molecule is FC(F)COCCc1nc(CC2CCCN2)cs1. The molecule has 1 aromatic heterocycles. The molecule has 0 aliphatic carbocycles. The number of thiazole rings is 1. The number of aromatic nitrogens is 1. The molecule has 1 unspecified atom stereocenters. The summed E-state index contributed by atoms with van der Waals surface area (Å²) in [6.07, 6.45) is 1.66. The van der Waals surface area contributed by atoms with E-state index in [0.717, 1.165) is 23.7 Å². The van der Waals surface area contributed by atoms with Crippen LogP contribution in [-0.2, 0) is 17.6 Å². The fourth-order valence-electron chi connectivity index (χ4n) is 2.07. The number of rotatable bonds is 7. The molecule has 18 heavy (non-hydrogen) atoms. The largest absolute Gasteiger partial charge is 0.375 e.